The van der Waals surface area contributed by atoms with Crippen molar-refractivity contribution in [2.75, 3.05) is 13.3 Å². The number of hydrogen-bond acceptors (Lipinski definition) is 3. The van der Waals surface area contributed by atoms with E-state index >= 15 is 0 Å². The maximum Gasteiger partial charge on any atom is 0.213 e. The van der Waals surface area contributed by atoms with E-state index in [0.717, 1.165) is 17.0 Å². The van der Waals surface area contributed by atoms with Crippen LogP contribution in [0.5, 0.6) is 0 Å². The van der Waals surface area contributed by atoms with Gasteiger partial charge in [-0.2, -0.15) is 4.31 Å². The van der Waals surface area contributed by atoms with Gasteiger partial charge >= 0.3 is 0 Å². The average Bonchev–Trinajstić information content (AvgIpc) is 2.00. The third-order valence-electron chi connectivity index (χ3n) is 2.64. The minimum Gasteiger partial charge on any atom is -0.377 e. The summed E-state index contributed by atoms with van der Waals surface area (Å²) in [6.45, 7) is 6.03. The fraction of sp³-hybridized carbons (Fsp3) is 1.00. The average molecular weight is 223 g/mol. The molecule has 1 atom stereocenters. The molecule has 5 heteroatoms. The van der Waals surface area contributed by atoms with Gasteiger partial charge in [0.1, 0.15) is 6.23 Å². The van der Waals surface area contributed by atoms with E-state index in [1.165, 1.54) is 7.05 Å². The Morgan fingerprint density at radius 2 is 1.86 bits per heavy atom. The van der Waals surface area contributed by atoms with Crippen molar-refractivity contribution in [3.63, 3.8) is 0 Å². The lowest BCUT2D eigenvalue weighted by atomic mass is 9.86. The van der Waals surface area contributed by atoms with Crippen LogP contribution in [0.2, 0.25) is 0 Å². The van der Waals surface area contributed by atoms with Crippen LogP contribution in [0.1, 0.15) is 33.6 Å². The summed E-state index contributed by atoms with van der Waals surface area (Å²) in [6, 6.07) is 0. The Bertz CT molecular complexity index is 272. The minimum absolute atomic E-state index is 0.0433. The van der Waals surface area contributed by atoms with Crippen LogP contribution in [0, 0.1) is 5.41 Å². The predicted octanol–water partition coefficient (Wildman–Crippen LogP) is 1.02. The van der Waals surface area contributed by atoms with Crippen molar-refractivity contribution in [2.45, 2.75) is 39.8 Å². The van der Waals surface area contributed by atoms with Crippen molar-refractivity contribution in [1.82, 2.24) is 4.31 Å². The van der Waals surface area contributed by atoms with E-state index in [9.17, 15) is 13.5 Å². The third-order valence-corrected chi connectivity index (χ3v) is 3.92. The van der Waals surface area contributed by atoms with Gasteiger partial charge in [-0.3, -0.25) is 0 Å². The van der Waals surface area contributed by atoms with E-state index in [-0.39, 0.29) is 5.41 Å². The van der Waals surface area contributed by atoms with Gasteiger partial charge in [-0.15, -0.1) is 0 Å². The molecule has 0 amide bonds. The van der Waals surface area contributed by atoms with Crippen molar-refractivity contribution in [2.24, 2.45) is 5.41 Å². The van der Waals surface area contributed by atoms with Crippen LogP contribution in [-0.2, 0) is 10.0 Å². The van der Waals surface area contributed by atoms with Gasteiger partial charge in [0.2, 0.25) is 10.0 Å². The largest absolute Gasteiger partial charge is 0.377 e. The molecule has 0 rings (SSSR count). The molecule has 4 nitrogen and oxygen atoms in total. The summed E-state index contributed by atoms with van der Waals surface area (Å²) in [4.78, 5) is 0. The number of sulfonamides is 1. The zero-order valence-corrected chi connectivity index (χ0v) is 10.4. The maximum absolute atomic E-state index is 11.1. The van der Waals surface area contributed by atoms with Crippen LogP contribution >= 0.6 is 0 Å². The van der Waals surface area contributed by atoms with E-state index < -0.39 is 16.3 Å². The fourth-order valence-corrected chi connectivity index (χ4v) is 1.50. The molecule has 0 heterocycles. The minimum atomic E-state index is -3.30. The molecule has 0 bridgehead atoms. The van der Waals surface area contributed by atoms with Crippen LogP contribution in [0.15, 0.2) is 0 Å². The van der Waals surface area contributed by atoms with Gasteiger partial charge in [0.15, 0.2) is 0 Å². The first-order valence-corrected chi connectivity index (χ1v) is 6.56. The number of aliphatic hydroxyl groups is 1. The summed E-state index contributed by atoms with van der Waals surface area (Å²) in [6.07, 6.45) is 1.52. The van der Waals surface area contributed by atoms with E-state index in [1.807, 2.05) is 20.8 Å². The zero-order chi connectivity index (χ0) is 11.6. The lowest BCUT2D eigenvalue weighted by Crippen LogP contribution is -2.38. The normalized spacial score (nSPS) is 15.9. The van der Waals surface area contributed by atoms with Crippen molar-refractivity contribution in [1.29, 1.82) is 0 Å². The first-order valence-electron chi connectivity index (χ1n) is 4.71. The summed E-state index contributed by atoms with van der Waals surface area (Å²) < 4.78 is 23.2. The highest BCUT2D eigenvalue weighted by Gasteiger charge is 2.26. The summed E-state index contributed by atoms with van der Waals surface area (Å²) in [7, 11) is -1.90. The van der Waals surface area contributed by atoms with Crippen molar-refractivity contribution in [3.05, 3.63) is 0 Å². The molecule has 0 aromatic carbocycles. The van der Waals surface area contributed by atoms with Crippen LogP contribution in [0.25, 0.3) is 0 Å². The highest BCUT2D eigenvalue weighted by atomic mass is 32.2. The van der Waals surface area contributed by atoms with Crippen molar-refractivity contribution in [3.8, 4) is 0 Å². The van der Waals surface area contributed by atoms with Gasteiger partial charge in [-0.05, 0) is 11.8 Å². The first-order chi connectivity index (χ1) is 6.10. The molecule has 1 N–H and O–H groups in total. The highest BCUT2D eigenvalue weighted by Crippen LogP contribution is 2.27. The molecular formula is C9H21NO3S. The monoisotopic (exact) mass is 223 g/mol. The van der Waals surface area contributed by atoms with Crippen molar-refractivity contribution < 1.29 is 13.5 Å². The van der Waals surface area contributed by atoms with Crippen molar-refractivity contribution >= 4 is 10.0 Å². The smallest absolute Gasteiger partial charge is 0.213 e. The molecular weight excluding hydrogens is 202 g/mol. The Morgan fingerprint density at radius 1 is 1.43 bits per heavy atom. The van der Waals surface area contributed by atoms with E-state index in [1.54, 1.807) is 0 Å². The maximum atomic E-state index is 11.1. The predicted molar refractivity (Wildman–Crippen MR) is 57.3 cm³/mol. The molecule has 1 unspecified atom stereocenters. The Labute approximate surface area is 87.0 Å². The van der Waals surface area contributed by atoms with E-state index in [4.69, 9.17) is 0 Å². The van der Waals surface area contributed by atoms with Gasteiger partial charge in [-0.25, -0.2) is 8.42 Å². The highest BCUT2D eigenvalue weighted by molar-refractivity contribution is 7.88. The van der Waals surface area contributed by atoms with Gasteiger partial charge in [0.25, 0.3) is 0 Å². The second kappa shape index (κ2) is 4.59. The van der Waals surface area contributed by atoms with E-state index in [0.29, 0.717) is 6.42 Å². The van der Waals surface area contributed by atoms with Gasteiger partial charge < -0.3 is 5.11 Å². The number of rotatable bonds is 5. The number of nitrogens with zero attached hydrogens (tertiary/aromatic N) is 1. The summed E-state index contributed by atoms with van der Waals surface area (Å²) in [5.41, 5.74) is -0.0433. The molecule has 0 aliphatic heterocycles. The molecule has 86 valence electrons. The van der Waals surface area contributed by atoms with Gasteiger partial charge in [-0.1, -0.05) is 27.2 Å². The number of aliphatic hydroxyl groups excluding tert-OH is 1. The lowest BCUT2D eigenvalue weighted by Gasteiger charge is -2.29. The number of hydrogen-bond donors (Lipinski definition) is 1. The van der Waals surface area contributed by atoms with Crippen LogP contribution in [0.4, 0.5) is 0 Å². The topological polar surface area (TPSA) is 57.6 Å². The summed E-state index contributed by atoms with van der Waals surface area (Å²) >= 11 is 0. The van der Waals surface area contributed by atoms with Crippen LogP contribution < -0.4 is 0 Å². The van der Waals surface area contributed by atoms with Gasteiger partial charge in [0.05, 0.1) is 6.26 Å². The Kier molecular flexibility index (Phi) is 4.55. The molecule has 0 aliphatic rings. The lowest BCUT2D eigenvalue weighted by molar-refractivity contribution is 0.0348. The summed E-state index contributed by atoms with van der Waals surface area (Å²) in [5.74, 6) is 0. The molecule has 0 fully saturated rings. The SMILES string of the molecule is CCC(C)(C)CC(O)N(C)S(C)(=O)=O. The Hall–Kier alpha value is -0.130. The Morgan fingerprint density at radius 3 is 2.14 bits per heavy atom. The van der Waals surface area contributed by atoms with Crippen LogP contribution in [0.3, 0.4) is 0 Å². The molecule has 0 radical (unpaired) electrons. The standard InChI is InChI=1S/C9H21NO3S/c1-6-9(2,3)7-8(11)10(4)14(5,12)13/h8,11H,6-7H2,1-5H3. The molecule has 0 aromatic rings. The molecule has 0 saturated heterocycles. The second-order valence-electron chi connectivity index (χ2n) is 4.48. The molecule has 0 spiro atoms. The molecule has 0 aromatic heterocycles. The Balaban J connectivity index is 4.44. The molecule has 14 heavy (non-hydrogen) atoms. The molecule has 0 aliphatic carbocycles. The second-order valence-corrected chi connectivity index (χ2v) is 6.52. The first kappa shape index (κ1) is 13.9. The molecule has 0 saturated carbocycles. The van der Waals surface area contributed by atoms with E-state index in [2.05, 4.69) is 0 Å². The fourth-order valence-electron chi connectivity index (χ4n) is 0.988. The third kappa shape index (κ3) is 4.39. The van der Waals surface area contributed by atoms with Gasteiger partial charge in [0, 0.05) is 7.05 Å². The zero-order valence-electron chi connectivity index (χ0n) is 9.61. The summed E-state index contributed by atoms with van der Waals surface area (Å²) in [5, 5.41) is 9.67. The van der Waals surface area contributed by atoms with Crippen LogP contribution in [-0.4, -0.2) is 37.4 Å². The quantitative estimate of drug-likeness (QED) is 0.708.